The lowest BCUT2D eigenvalue weighted by Crippen LogP contribution is -2.58. The van der Waals surface area contributed by atoms with E-state index in [1.807, 2.05) is 0 Å². The molecule has 1 heterocycles. The maximum atomic E-state index is 11.7. The van der Waals surface area contributed by atoms with Gasteiger partial charge in [0.2, 0.25) is 0 Å². The molecule has 1 atom stereocenters. The Kier molecular flexibility index (Phi) is 4.87. The summed E-state index contributed by atoms with van der Waals surface area (Å²) in [5.41, 5.74) is 0. The molecule has 15 heavy (non-hydrogen) atoms. The predicted octanol–water partition coefficient (Wildman–Crippen LogP) is -0.586. The van der Waals surface area contributed by atoms with Crippen molar-refractivity contribution in [3.05, 3.63) is 0 Å². The number of hydrazine groups is 1. The lowest BCUT2D eigenvalue weighted by Gasteiger charge is -2.37. The Morgan fingerprint density at radius 3 is 2.87 bits per heavy atom. The van der Waals surface area contributed by atoms with E-state index in [0.29, 0.717) is 25.9 Å². The van der Waals surface area contributed by atoms with Gasteiger partial charge in [0.05, 0.1) is 6.04 Å². The Labute approximate surface area is 90.2 Å². The van der Waals surface area contributed by atoms with Crippen molar-refractivity contribution in [2.24, 2.45) is 5.84 Å². The van der Waals surface area contributed by atoms with Crippen molar-refractivity contribution in [1.29, 1.82) is 0 Å². The number of carbonyl (C=O) groups excluding carboxylic acids is 2. The molecule has 0 aromatic carbocycles. The van der Waals surface area contributed by atoms with Crippen LogP contribution < -0.4 is 5.84 Å². The second-order valence-corrected chi connectivity index (χ2v) is 3.82. The smallest absolute Gasteiger partial charge is 0.153 e. The van der Waals surface area contributed by atoms with E-state index in [0.717, 1.165) is 19.4 Å². The van der Waals surface area contributed by atoms with Crippen LogP contribution in [0.4, 0.5) is 0 Å². The number of nitrogens with zero attached hydrogens (tertiary/aromatic N) is 2. The van der Waals surface area contributed by atoms with Crippen molar-refractivity contribution in [3.63, 3.8) is 0 Å². The Morgan fingerprint density at radius 2 is 2.27 bits per heavy atom. The molecule has 0 aliphatic carbocycles. The summed E-state index contributed by atoms with van der Waals surface area (Å²) in [4.78, 5) is 24.1. The van der Waals surface area contributed by atoms with Gasteiger partial charge in [0.25, 0.3) is 0 Å². The molecule has 0 amide bonds. The van der Waals surface area contributed by atoms with Gasteiger partial charge in [0.1, 0.15) is 6.29 Å². The minimum Gasteiger partial charge on any atom is -0.303 e. The van der Waals surface area contributed by atoms with E-state index >= 15 is 0 Å². The highest BCUT2D eigenvalue weighted by Gasteiger charge is 2.29. The summed E-state index contributed by atoms with van der Waals surface area (Å²) in [6.07, 6.45) is 1.38. The summed E-state index contributed by atoms with van der Waals surface area (Å²) in [5, 5.41) is 1.60. The van der Waals surface area contributed by atoms with Gasteiger partial charge in [-0.05, 0) is 6.54 Å². The highest BCUT2D eigenvalue weighted by atomic mass is 16.1. The van der Waals surface area contributed by atoms with Gasteiger partial charge in [0.15, 0.2) is 5.78 Å². The number of aldehydes is 1. The molecule has 1 aliphatic heterocycles. The molecule has 5 heteroatoms. The van der Waals surface area contributed by atoms with Crippen LogP contribution in [0.25, 0.3) is 0 Å². The summed E-state index contributed by atoms with van der Waals surface area (Å²) in [6, 6.07) is -0.237. The maximum Gasteiger partial charge on any atom is 0.153 e. The van der Waals surface area contributed by atoms with E-state index < -0.39 is 0 Å². The molecule has 2 N–H and O–H groups in total. The van der Waals surface area contributed by atoms with Gasteiger partial charge >= 0.3 is 0 Å². The van der Waals surface area contributed by atoms with Crippen LogP contribution in [0.15, 0.2) is 0 Å². The lowest BCUT2D eigenvalue weighted by atomic mass is 10.1. The number of Topliss-reactive ketones (excluding diaryl/α,β-unsaturated/α-hetero) is 1. The monoisotopic (exact) mass is 213 g/mol. The van der Waals surface area contributed by atoms with Gasteiger partial charge < -0.3 is 9.69 Å². The Morgan fingerprint density at radius 1 is 1.53 bits per heavy atom. The van der Waals surface area contributed by atoms with Crippen molar-refractivity contribution < 1.29 is 9.59 Å². The largest absolute Gasteiger partial charge is 0.303 e. The highest BCUT2D eigenvalue weighted by Crippen LogP contribution is 2.08. The van der Waals surface area contributed by atoms with Gasteiger partial charge in [-0.15, -0.1) is 0 Å². The lowest BCUT2D eigenvalue weighted by molar-refractivity contribution is -0.127. The number of likely N-dealkylation sites (N-methyl/N-ethyl adjacent to an activating group) is 1. The van der Waals surface area contributed by atoms with E-state index in [9.17, 15) is 9.59 Å². The zero-order valence-corrected chi connectivity index (χ0v) is 9.19. The summed E-state index contributed by atoms with van der Waals surface area (Å²) < 4.78 is 0. The first-order chi connectivity index (χ1) is 7.19. The third-order valence-corrected chi connectivity index (χ3v) is 2.83. The van der Waals surface area contributed by atoms with Gasteiger partial charge in [-0.1, -0.05) is 6.92 Å². The minimum absolute atomic E-state index is 0.0720. The minimum atomic E-state index is -0.237. The van der Waals surface area contributed by atoms with Crippen LogP contribution in [0.1, 0.15) is 19.8 Å². The van der Waals surface area contributed by atoms with Crippen molar-refractivity contribution in [2.45, 2.75) is 25.8 Å². The average molecular weight is 213 g/mol. The number of carbonyl (C=O) groups is 2. The molecule has 86 valence electrons. The molecule has 1 rings (SSSR count). The molecule has 0 aromatic heterocycles. The van der Waals surface area contributed by atoms with Crippen LogP contribution >= 0.6 is 0 Å². The Hall–Kier alpha value is -0.780. The molecule has 1 fully saturated rings. The van der Waals surface area contributed by atoms with E-state index in [2.05, 4.69) is 11.8 Å². The van der Waals surface area contributed by atoms with Gasteiger partial charge in [0, 0.05) is 32.5 Å². The number of nitrogens with two attached hydrogens (primary N) is 1. The van der Waals surface area contributed by atoms with E-state index in [1.165, 1.54) is 0 Å². The predicted molar refractivity (Wildman–Crippen MR) is 57.1 cm³/mol. The van der Waals surface area contributed by atoms with Crippen LogP contribution in [-0.2, 0) is 9.59 Å². The number of ketones is 1. The molecule has 0 spiro atoms. The first-order valence-electron chi connectivity index (χ1n) is 5.39. The number of rotatable bonds is 5. The Balaban J connectivity index is 2.49. The van der Waals surface area contributed by atoms with Crippen LogP contribution in [0, 0.1) is 0 Å². The van der Waals surface area contributed by atoms with Gasteiger partial charge in [-0.25, -0.2) is 5.01 Å². The Bertz CT molecular complexity index is 233. The third-order valence-electron chi connectivity index (χ3n) is 2.83. The fourth-order valence-corrected chi connectivity index (χ4v) is 1.80. The van der Waals surface area contributed by atoms with E-state index in [-0.39, 0.29) is 11.8 Å². The topological polar surface area (TPSA) is 66.6 Å². The average Bonchev–Trinajstić information content (AvgIpc) is 2.26. The van der Waals surface area contributed by atoms with Crippen molar-refractivity contribution in [2.75, 3.05) is 26.2 Å². The third kappa shape index (κ3) is 3.37. The maximum absolute atomic E-state index is 11.7. The molecule has 1 saturated heterocycles. The fraction of sp³-hybridized carbons (Fsp3) is 0.800. The second-order valence-electron chi connectivity index (χ2n) is 3.82. The standard InChI is InChI=1S/C10H19N3O2/c1-2-12-5-6-13(11)9(8-12)10(15)4-3-7-14/h7,9H,2-6,8,11H2,1H3. The van der Waals surface area contributed by atoms with Gasteiger partial charge in [-0.2, -0.15) is 0 Å². The SMILES string of the molecule is CCN1CCN(N)C(C(=O)CCC=O)C1. The van der Waals surface area contributed by atoms with Crippen LogP contribution in [0.2, 0.25) is 0 Å². The first kappa shape index (κ1) is 12.3. The van der Waals surface area contributed by atoms with Gasteiger partial charge in [-0.3, -0.25) is 10.6 Å². The molecule has 0 saturated carbocycles. The van der Waals surface area contributed by atoms with E-state index in [1.54, 1.807) is 5.01 Å². The zero-order chi connectivity index (χ0) is 11.3. The molecular formula is C10H19N3O2. The number of piperazine rings is 1. The summed E-state index contributed by atoms with van der Waals surface area (Å²) in [6.45, 7) is 5.31. The molecule has 5 nitrogen and oxygen atoms in total. The first-order valence-corrected chi connectivity index (χ1v) is 5.39. The zero-order valence-electron chi connectivity index (χ0n) is 9.19. The highest BCUT2D eigenvalue weighted by molar-refractivity contribution is 5.85. The van der Waals surface area contributed by atoms with Crippen molar-refractivity contribution >= 4 is 12.1 Å². The second kappa shape index (κ2) is 5.95. The molecule has 1 aliphatic rings. The number of hydrogen-bond donors (Lipinski definition) is 1. The van der Waals surface area contributed by atoms with Crippen molar-refractivity contribution in [3.8, 4) is 0 Å². The molecule has 0 aromatic rings. The number of hydrogen-bond acceptors (Lipinski definition) is 5. The molecular weight excluding hydrogens is 194 g/mol. The normalized spacial score (nSPS) is 24.0. The van der Waals surface area contributed by atoms with E-state index in [4.69, 9.17) is 5.84 Å². The van der Waals surface area contributed by atoms with Crippen LogP contribution in [0.5, 0.6) is 0 Å². The van der Waals surface area contributed by atoms with Crippen LogP contribution in [-0.4, -0.2) is 54.2 Å². The van der Waals surface area contributed by atoms with Crippen molar-refractivity contribution in [1.82, 2.24) is 9.91 Å². The molecule has 0 radical (unpaired) electrons. The quantitative estimate of drug-likeness (QED) is 0.488. The summed E-state index contributed by atoms with van der Waals surface area (Å²) >= 11 is 0. The molecule has 1 unspecified atom stereocenters. The summed E-state index contributed by atoms with van der Waals surface area (Å²) in [5.74, 6) is 5.84. The van der Waals surface area contributed by atoms with Crippen LogP contribution in [0.3, 0.4) is 0 Å². The summed E-state index contributed by atoms with van der Waals surface area (Å²) in [7, 11) is 0. The molecule has 0 bridgehead atoms. The fourth-order valence-electron chi connectivity index (χ4n) is 1.80.